The number of rotatable bonds is 1. The zero-order valence-electron chi connectivity index (χ0n) is 10.2. The molecule has 5 nitrogen and oxygen atoms in total. The van der Waals surface area contributed by atoms with Crippen molar-refractivity contribution in [1.29, 1.82) is 0 Å². The van der Waals surface area contributed by atoms with Crippen LogP contribution in [0.1, 0.15) is 49.5 Å². The minimum atomic E-state index is -0.622. The van der Waals surface area contributed by atoms with Gasteiger partial charge in [-0.1, -0.05) is 11.6 Å². The van der Waals surface area contributed by atoms with Crippen LogP contribution in [0.15, 0.2) is 22.6 Å². The van der Waals surface area contributed by atoms with Gasteiger partial charge in [0.15, 0.2) is 17.3 Å². The van der Waals surface area contributed by atoms with Crippen LogP contribution in [0.4, 0.5) is 0 Å². The largest absolute Gasteiger partial charge is 0.507 e. The van der Waals surface area contributed by atoms with Crippen molar-refractivity contribution >= 4 is 29.0 Å². The molecule has 0 unspecified atom stereocenters. The van der Waals surface area contributed by atoms with Crippen LogP contribution in [0, 0.1) is 0 Å². The van der Waals surface area contributed by atoms with Crippen molar-refractivity contribution in [3.05, 3.63) is 51.4 Å². The van der Waals surface area contributed by atoms with Crippen LogP contribution in [0.3, 0.4) is 0 Å². The predicted molar refractivity (Wildman–Crippen MR) is 68.7 cm³/mol. The highest BCUT2D eigenvalue weighted by molar-refractivity contribution is 6.39. The molecule has 2 aromatic rings. The first-order valence-corrected chi connectivity index (χ1v) is 6.05. The fraction of sp³-hybridized carbons (Fsp3) is 0.0714. The molecule has 0 saturated heterocycles. The van der Waals surface area contributed by atoms with E-state index in [2.05, 4.69) is 0 Å². The lowest BCUT2D eigenvalue weighted by Crippen LogP contribution is -2.19. The minimum Gasteiger partial charge on any atom is -0.507 e. The summed E-state index contributed by atoms with van der Waals surface area (Å²) < 4.78 is 5.14. The average Bonchev–Trinajstić information content (AvgIpc) is 2.84. The molecule has 0 spiro atoms. The van der Waals surface area contributed by atoms with Crippen molar-refractivity contribution in [3.63, 3.8) is 0 Å². The second-order valence-corrected chi connectivity index (χ2v) is 4.79. The summed E-state index contributed by atoms with van der Waals surface area (Å²) >= 11 is 5.92. The molecule has 0 saturated carbocycles. The number of fused-ring (bicyclic) bond motifs is 2. The zero-order chi connectivity index (χ0) is 14.6. The molecule has 3 rings (SSSR count). The fourth-order valence-electron chi connectivity index (χ4n) is 2.17. The number of Topliss-reactive ketones (excluding diaryl/α,β-unsaturated/α-hetero) is 1. The molecule has 1 aromatic heterocycles. The van der Waals surface area contributed by atoms with Crippen molar-refractivity contribution in [1.82, 2.24) is 0 Å². The SMILES string of the molecule is CC(=O)c1cc2c(o1)C(=O)c1c(Cl)ccc(O)c1C2=O. The van der Waals surface area contributed by atoms with Gasteiger partial charge < -0.3 is 9.52 Å². The van der Waals surface area contributed by atoms with Gasteiger partial charge in [0, 0.05) is 6.92 Å². The molecule has 0 atom stereocenters. The monoisotopic (exact) mass is 290 g/mol. The van der Waals surface area contributed by atoms with E-state index >= 15 is 0 Å². The van der Waals surface area contributed by atoms with Gasteiger partial charge in [0.1, 0.15) is 5.75 Å². The molecule has 20 heavy (non-hydrogen) atoms. The summed E-state index contributed by atoms with van der Waals surface area (Å²) in [5.41, 5.74) is -0.301. The molecule has 100 valence electrons. The van der Waals surface area contributed by atoms with Gasteiger partial charge in [-0.25, -0.2) is 0 Å². The van der Waals surface area contributed by atoms with Crippen molar-refractivity contribution in [3.8, 4) is 5.75 Å². The smallest absolute Gasteiger partial charge is 0.231 e. The van der Waals surface area contributed by atoms with E-state index in [1.807, 2.05) is 0 Å². The number of furan rings is 1. The van der Waals surface area contributed by atoms with Gasteiger partial charge in [-0.3, -0.25) is 14.4 Å². The highest BCUT2D eigenvalue weighted by Gasteiger charge is 2.37. The summed E-state index contributed by atoms with van der Waals surface area (Å²) in [5, 5.41) is 9.83. The Kier molecular flexibility index (Phi) is 2.55. The number of hydrogen-bond donors (Lipinski definition) is 1. The standard InChI is InChI=1S/C14H7ClO5/c1-5(16)9-4-6-12(18)11-8(17)3-2-7(15)10(11)13(19)14(6)20-9/h2-4,17H,1H3. The van der Waals surface area contributed by atoms with Crippen molar-refractivity contribution in [2.75, 3.05) is 0 Å². The molecule has 1 aromatic carbocycles. The first-order valence-electron chi connectivity index (χ1n) is 5.67. The molecule has 6 heteroatoms. The van der Waals surface area contributed by atoms with Crippen LogP contribution in [0.5, 0.6) is 5.75 Å². The quantitative estimate of drug-likeness (QED) is 0.696. The molecule has 0 fully saturated rings. The summed E-state index contributed by atoms with van der Waals surface area (Å²) in [4.78, 5) is 35.9. The summed E-state index contributed by atoms with van der Waals surface area (Å²) in [6.07, 6.45) is 0. The molecule has 1 aliphatic rings. The highest BCUT2D eigenvalue weighted by Crippen LogP contribution is 2.37. The average molecular weight is 291 g/mol. The van der Waals surface area contributed by atoms with Crippen LogP contribution in [-0.2, 0) is 0 Å². The maximum atomic E-state index is 12.3. The lowest BCUT2D eigenvalue weighted by atomic mass is 9.88. The number of phenols is 1. The van der Waals surface area contributed by atoms with Crippen molar-refractivity contribution in [2.45, 2.75) is 6.92 Å². The normalized spacial score (nSPS) is 13.1. The number of carbonyl (C=O) groups is 3. The zero-order valence-corrected chi connectivity index (χ0v) is 10.9. The Bertz CT molecular complexity index is 742. The third-order valence-corrected chi connectivity index (χ3v) is 3.43. The minimum absolute atomic E-state index is 0.0368. The number of benzene rings is 1. The summed E-state index contributed by atoms with van der Waals surface area (Å²) in [6, 6.07) is 3.77. The summed E-state index contributed by atoms with van der Waals surface area (Å²) in [7, 11) is 0. The maximum Gasteiger partial charge on any atom is 0.231 e. The van der Waals surface area contributed by atoms with Gasteiger partial charge in [-0.05, 0) is 18.2 Å². The molecule has 1 heterocycles. The molecule has 0 aliphatic heterocycles. The second kappa shape index (κ2) is 4.05. The molecule has 1 N–H and O–H groups in total. The first-order chi connectivity index (χ1) is 9.41. The van der Waals surface area contributed by atoms with Crippen LogP contribution in [0.25, 0.3) is 0 Å². The van der Waals surface area contributed by atoms with Crippen molar-refractivity contribution < 1.29 is 23.9 Å². The van der Waals surface area contributed by atoms with E-state index in [1.165, 1.54) is 25.1 Å². The van der Waals surface area contributed by atoms with E-state index in [0.717, 1.165) is 0 Å². The molecule has 0 bridgehead atoms. The van der Waals surface area contributed by atoms with Gasteiger partial charge in [-0.2, -0.15) is 0 Å². The molecular formula is C14H7ClO5. The molecule has 1 aliphatic carbocycles. The lowest BCUT2D eigenvalue weighted by Gasteiger charge is -2.15. The Labute approximate surface area is 117 Å². The summed E-state index contributed by atoms with van der Waals surface area (Å²) in [6.45, 7) is 1.26. The third kappa shape index (κ3) is 1.53. The maximum absolute atomic E-state index is 12.3. The van der Waals surface area contributed by atoms with Crippen LogP contribution < -0.4 is 0 Å². The van der Waals surface area contributed by atoms with Crippen molar-refractivity contribution in [2.24, 2.45) is 0 Å². The Morgan fingerprint density at radius 3 is 2.55 bits per heavy atom. The highest BCUT2D eigenvalue weighted by atomic mass is 35.5. The number of carbonyl (C=O) groups excluding carboxylic acids is 3. The summed E-state index contributed by atoms with van der Waals surface area (Å²) in [5.74, 6) is -2.26. The molecular weight excluding hydrogens is 284 g/mol. The van der Waals surface area contributed by atoms with Gasteiger partial charge in [0.2, 0.25) is 11.6 Å². The first kappa shape index (κ1) is 12.6. The second-order valence-electron chi connectivity index (χ2n) is 4.38. The van der Waals surface area contributed by atoms with E-state index in [1.54, 1.807) is 0 Å². The molecule has 0 amide bonds. The van der Waals surface area contributed by atoms with Crippen LogP contribution >= 0.6 is 11.6 Å². The van der Waals surface area contributed by atoms with E-state index in [0.29, 0.717) is 0 Å². The van der Waals surface area contributed by atoms with E-state index in [4.69, 9.17) is 16.0 Å². The topological polar surface area (TPSA) is 84.6 Å². The van der Waals surface area contributed by atoms with Gasteiger partial charge in [-0.15, -0.1) is 0 Å². The number of phenolic OH excluding ortho intramolecular Hbond substituents is 1. The number of ketones is 3. The van der Waals surface area contributed by atoms with Crippen LogP contribution in [-0.4, -0.2) is 22.5 Å². The van der Waals surface area contributed by atoms with Gasteiger partial charge in [0.25, 0.3) is 0 Å². The Hall–Kier alpha value is -2.40. The van der Waals surface area contributed by atoms with E-state index < -0.39 is 17.3 Å². The Balaban J connectivity index is 2.34. The molecule has 0 radical (unpaired) electrons. The number of hydrogen-bond acceptors (Lipinski definition) is 5. The number of halogens is 1. The van der Waals surface area contributed by atoms with E-state index in [9.17, 15) is 19.5 Å². The van der Waals surface area contributed by atoms with Crippen LogP contribution in [0.2, 0.25) is 5.02 Å². The Morgan fingerprint density at radius 1 is 1.20 bits per heavy atom. The predicted octanol–water partition coefficient (Wildman–Crippen LogP) is 2.62. The third-order valence-electron chi connectivity index (χ3n) is 3.12. The van der Waals surface area contributed by atoms with Gasteiger partial charge in [0.05, 0.1) is 21.7 Å². The number of aromatic hydroxyl groups is 1. The Morgan fingerprint density at radius 2 is 1.90 bits per heavy atom. The van der Waals surface area contributed by atoms with Gasteiger partial charge >= 0.3 is 0 Å². The fourth-order valence-corrected chi connectivity index (χ4v) is 2.41. The van der Waals surface area contributed by atoms with E-state index in [-0.39, 0.29) is 39.0 Å². The lowest BCUT2D eigenvalue weighted by molar-refractivity contribution is 0.0945.